The first-order valence-corrected chi connectivity index (χ1v) is 4.41. The normalized spacial score (nSPS) is 9.25. The second kappa shape index (κ2) is 5.50. The van der Waals surface area contributed by atoms with Crippen LogP contribution in [0.5, 0.6) is 0 Å². The molecule has 3 N–H and O–H groups in total. The Bertz CT molecular complexity index is 398. The second-order valence-electron chi connectivity index (χ2n) is 2.87. The molecule has 0 unspecified atom stereocenters. The van der Waals surface area contributed by atoms with Crippen molar-refractivity contribution < 1.29 is 19.8 Å². The van der Waals surface area contributed by atoms with E-state index in [1.165, 1.54) is 0 Å². The Balaban J connectivity index is 2.59. The van der Waals surface area contributed by atoms with E-state index in [0.29, 0.717) is 5.69 Å². The first-order valence-electron chi connectivity index (χ1n) is 4.41. The van der Waals surface area contributed by atoms with Crippen molar-refractivity contribution in [2.45, 2.75) is 6.54 Å². The van der Waals surface area contributed by atoms with Crippen molar-refractivity contribution in [1.29, 1.82) is 0 Å². The van der Waals surface area contributed by atoms with Gasteiger partial charge in [-0.05, 0) is 12.1 Å². The Kier molecular flexibility index (Phi) is 4.02. The SMILES string of the molecule is O=C(O)C(=CNCc1ccccn1)C(=O)O. The number of carbonyl (C=O) groups is 2. The largest absolute Gasteiger partial charge is 0.477 e. The van der Waals surface area contributed by atoms with E-state index in [9.17, 15) is 9.59 Å². The quantitative estimate of drug-likeness (QED) is 0.374. The van der Waals surface area contributed by atoms with Gasteiger partial charge < -0.3 is 15.5 Å². The van der Waals surface area contributed by atoms with E-state index in [4.69, 9.17) is 10.2 Å². The molecule has 1 heterocycles. The van der Waals surface area contributed by atoms with E-state index in [0.717, 1.165) is 6.20 Å². The molecular weight excluding hydrogens is 212 g/mol. The highest BCUT2D eigenvalue weighted by Crippen LogP contribution is 1.95. The maximum absolute atomic E-state index is 10.5. The number of rotatable bonds is 5. The van der Waals surface area contributed by atoms with Crippen LogP contribution >= 0.6 is 0 Å². The summed E-state index contributed by atoms with van der Waals surface area (Å²) in [5, 5.41) is 19.7. The Morgan fingerprint density at radius 3 is 2.50 bits per heavy atom. The van der Waals surface area contributed by atoms with Gasteiger partial charge in [-0.25, -0.2) is 9.59 Å². The Labute approximate surface area is 91.2 Å². The van der Waals surface area contributed by atoms with E-state index in [1.54, 1.807) is 24.4 Å². The number of hydrogen-bond acceptors (Lipinski definition) is 4. The fourth-order valence-electron chi connectivity index (χ4n) is 0.975. The highest BCUT2D eigenvalue weighted by atomic mass is 16.4. The average molecular weight is 222 g/mol. The van der Waals surface area contributed by atoms with Crippen molar-refractivity contribution in [1.82, 2.24) is 10.3 Å². The summed E-state index contributed by atoms with van der Waals surface area (Å²) >= 11 is 0. The predicted molar refractivity (Wildman–Crippen MR) is 54.4 cm³/mol. The third-order valence-corrected chi connectivity index (χ3v) is 1.72. The van der Waals surface area contributed by atoms with Crippen LogP contribution in [0.4, 0.5) is 0 Å². The number of aliphatic carboxylic acids is 2. The molecule has 0 saturated carbocycles. The number of nitrogens with one attached hydrogen (secondary N) is 1. The average Bonchev–Trinajstić information content (AvgIpc) is 2.24. The molecule has 0 spiro atoms. The fourth-order valence-corrected chi connectivity index (χ4v) is 0.975. The maximum Gasteiger partial charge on any atom is 0.344 e. The fraction of sp³-hybridized carbons (Fsp3) is 0.100. The number of nitrogens with zero attached hydrogens (tertiary/aromatic N) is 1. The zero-order chi connectivity index (χ0) is 12.0. The lowest BCUT2D eigenvalue weighted by molar-refractivity contribution is -0.140. The Hall–Kier alpha value is -2.37. The van der Waals surface area contributed by atoms with Crippen molar-refractivity contribution in [2.75, 3.05) is 0 Å². The van der Waals surface area contributed by atoms with Gasteiger partial charge in [0.1, 0.15) is 0 Å². The highest BCUT2D eigenvalue weighted by Gasteiger charge is 2.15. The maximum atomic E-state index is 10.5. The third-order valence-electron chi connectivity index (χ3n) is 1.72. The summed E-state index contributed by atoms with van der Waals surface area (Å²) in [6.45, 7) is 0.269. The lowest BCUT2D eigenvalue weighted by Gasteiger charge is -2.00. The van der Waals surface area contributed by atoms with Crippen molar-refractivity contribution in [3.8, 4) is 0 Å². The number of hydrogen-bond donors (Lipinski definition) is 3. The molecule has 0 aliphatic rings. The summed E-state index contributed by atoms with van der Waals surface area (Å²) in [6, 6.07) is 5.27. The smallest absolute Gasteiger partial charge is 0.344 e. The highest BCUT2D eigenvalue weighted by molar-refractivity contribution is 6.12. The van der Waals surface area contributed by atoms with Gasteiger partial charge in [0, 0.05) is 12.4 Å². The minimum Gasteiger partial charge on any atom is -0.477 e. The summed E-state index contributed by atoms with van der Waals surface area (Å²) in [5.41, 5.74) is -0.0233. The molecule has 16 heavy (non-hydrogen) atoms. The molecule has 84 valence electrons. The summed E-state index contributed by atoms with van der Waals surface area (Å²) < 4.78 is 0. The second-order valence-corrected chi connectivity index (χ2v) is 2.87. The Morgan fingerprint density at radius 1 is 1.31 bits per heavy atom. The zero-order valence-electron chi connectivity index (χ0n) is 8.25. The van der Waals surface area contributed by atoms with Crippen LogP contribution in [0.2, 0.25) is 0 Å². The van der Waals surface area contributed by atoms with E-state index in [1.807, 2.05) is 0 Å². The van der Waals surface area contributed by atoms with Crippen LogP contribution in [-0.4, -0.2) is 27.1 Å². The van der Waals surface area contributed by atoms with Crippen molar-refractivity contribution in [3.63, 3.8) is 0 Å². The lowest BCUT2D eigenvalue weighted by Crippen LogP contribution is -2.16. The van der Waals surface area contributed by atoms with Gasteiger partial charge in [-0.3, -0.25) is 4.98 Å². The number of carboxylic acids is 2. The van der Waals surface area contributed by atoms with Crippen LogP contribution in [0.25, 0.3) is 0 Å². The van der Waals surface area contributed by atoms with Gasteiger partial charge in [0.15, 0.2) is 5.57 Å². The molecule has 6 nitrogen and oxygen atoms in total. The molecule has 0 aliphatic heterocycles. The van der Waals surface area contributed by atoms with Crippen LogP contribution < -0.4 is 5.32 Å². The van der Waals surface area contributed by atoms with Crippen LogP contribution in [0.1, 0.15) is 5.69 Å². The third kappa shape index (κ3) is 3.41. The minimum atomic E-state index is -1.49. The molecule has 1 rings (SSSR count). The molecule has 0 aromatic carbocycles. The van der Waals surface area contributed by atoms with E-state index < -0.39 is 17.5 Å². The standard InChI is InChI=1S/C10H10N2O4/c13-9(14)8(10(15)16)6-11-5-7-3-1-2-4-12-7/h1-4,6,11H,5H2,(H,13,14)(H,15,16). The lowest BCUT2D eigenvalue weighted by atomic mass is 10.3. The van der Waals surface area contributed by atoms with Crippen LogP contribution in [-0.2, 0) is 16.1 Å². The van der Waals surface area contributed by atoms with Gasteiger partial charge >= 0.3 is 11.9 Å². The van der Waals surface area contributed by atoms with Gasteiger partial charge in [-0.2, -0.15) is 0 Å². The summed E-state index contributed by atoms with van der Waals surface area (Å²) in [5.74, 6) is -2.97. The van der Waals surface area contributed by atoms with Gasteiger partial charge in [0.2, 0.25) is 0 Å². The molecule has 0 amide bonds. The molecule has 0 fully saturated rings. The van der Waals surface area contributed by atoms with E-state index in [-0.39, 0.29) is 6.54 Å². The molecular formula is C10H10N2O4. The molecule has 0 atom stereocenters. The van der Waals surface area contributed by atoms with Crippen molar-refractivity contribution >= 4 is 11.9 Å². The number of carboxylic acid groups (broad SMARTS) is 2. The van der Waals surface area contributed by atoms with E-state index in [2.05, 4.69) is 10.3 Å². The zero-order valence-corrected chi connectivity index (χ0v) is 8.25. The van der Waals surface area contributed by atoms with Gasteiger partial charge in [0.05, 0.1) is 12.2 Å². The van der Waals surface area contributed by atoms with Gasteiger partial charge in [0.25, 0.3) is 0 Å². The molecule has 6 heteroatoms. The first-order chi connectivity index (χ1) is 7.61. The number of pyridine rings is 1. The van der Waals surface area contributed by atoms with Crippen LogP contribution in [0, 0.1) is 0 Å². The molecule has 0 saturated heterocycles. The van der Waals surface area contributed by atoms with E-state index >= 15 is 0 Å². The first kappa shape index (κ1) is 11.7. The van der Waals surface area contributed by atoms with Gasteiger partial charge in [-0.1, -0.05) is 6.07 Å². The van der Waals surface area contributed by atoms with Gasteiger partial charge in [-0.15, -0.1) is 0 Å². The van der Waals surface area contributed by atoms with Crippen molar-refractivity contribution in [2.24, 2.45) is 0 Å². The van der Waals surface area contributed by atoms with Crippen LogP contribution in [0.3, 0.4) is 0 Å². The molecule has 0 bridgehead atoms. The van der Waals surface area contributed by atoms with Crippen LogP contribution in [0.15, 0.2) is 36.2 Å². The minimum absolute atomic E-state index is 0.269. The van der Waals surface area contributed by atoms with Crippen molar-refractivity contribution in [3.05, 3.63) is 41.9 Å². The predicted octanol–water partition coefficient (Wildman–Crippen LogP) is 0.224. The molecule has 0 aliphatic carbocycles. The molecule has 0 radical (unpaired) electrons. The summed E-state index contributed by atoms with van der Waals surface area (Å²) in [7, 11) is 0. The topological polar surface area (TPSA) is 99.5 Å². The number of aromatic nitrogens is 1. The molecule has 1 aromatic rings. The molecule has 1 aromatic heterocycles. The summed E-state index contributed by atoms with van der Waals surface area (Å²) in [6.07, 6.45) is 2.54. The monoisotopic (exact) mass is 222 g/mol. The summed E-state index contributed by atoms with van der Waals surface area (Å²) in [4.78, 5) is 24.9. The Morgan fingerprint density at radius 2 is 2.00 bits per heavy atom.